The molecular formula is C21H31N3O2. The number of pyridine rings is 1. The third-order valence-electron chi connectivity index (χ3n) is 6.82. The zero-order valence-corrected chi connectivity index (χ0v) is 16.4. The number of hydrogen-bond acceptors (Lipinski definition) is 3. The Labute approximate surface area is 156 Å². The normalized spacial score (nSPS) is 26.4. The first-order valence-corrected chi connectivity index (χ1v) is 9.82. The number of aryl methyl sites for hydroxylation is 2. The van der Waals surface area contributed by atoms with Crippen molar-refractivity contribution < 1.29 is 9.59 Å². The Morgan fingerprint density at radius 3 is 2.73 bits per heavy atom. The average molecular weight is 357 g/mol. The molecule has 1 saturated carbocycles. The molecular weight excluding hydrogens is 326 g/mol. The van der Waals surface area contributed by atoms with Gasteiger partial charge in [0.05, 0.1) is 5.41 Å². The number of rotatable bonds is 5. The van der Waals surface area contributed by atoms with E-state index in [0.29, 0.717) is 13.1 Å². The van der Waals surface area contributed by atoms with E-state index in [1.54, 1.807) is 0 Å². The molecule has 0 aromatic carbocycles. The van der Waals surface area contributed by atoms with Gasteiger partial charge in [-0.3, -0.25) is 14.6 Å². The van der Waals surface area contributed by atoms with Gasteiger partial charge in [0, 0.05) is 30.9 Å². The average Bonchev–Trinajstić information content (AvgIpc) is 3.15. The molecule has 1 fully saturated rings. The summed E-state index contributed by atoms with van der Waals surface area (Å²) in [7, 11) is 0. The van der Waals surface area contributed by atoms with E-state index in [4.69, 9.17) is 0 Å². The summed E-state index contributed by atoms with van der Waals surface area (Å²) in [5, 5.41) is 6.03. The molecule has 5 nitrogen and oxygen atoms in total. The molecule has 1 aromatic rings. The highest BCUT2D eigenvalue weighted by Gasteiger charge is 2.57. The summed E-state index contributed by atoms with van der Waals surface area (Å²) < 4.78 is 0. The fraction of sp³-hybridized carbons (Fsp3) is 0.667. The minimum Gasteiger partial charge on any atom is -0.356 e. The van der Waals surface area contributed by atoms with Crippen LogP contribution in [0.15, 0.2) is 12.3 Å². The van der Waals surface area contributed by atoms with Gasteiger partial charge < -0.3 is 10.6 Å². The van der Waals surface area contributed by atoms with Crippen LogP contribution in [0, 0.1) is 16.7 Å². The first kappa shape index (κ1) is 18.9. The second-order valence-corrected chi connectivity index (χ2v) is 8.53. The number of carbonyl (C=O) groups is 2. The van der Waals surface area contributed by atoms with E-state index in [1.165, 1.54) is 17.7 Å². The van der Waals surface area contributed by atoms with Crippen molar-refractivity contribution in [1.29, 1.82) is 0 Å². The smallest absolute Gasteiger partial charge is 0.226 e. The van der Waals surface area contributed by atoms with Gasteiger partial charge >= 0.3 is 0 Å². The molecule has 142 valence electrons. The van der Waals surface area contributed by atoms with Gasteiger partial charge in [-0.1, -0.05) is 26.8 Å². The van der Waals surface area contributed by atoms with Gasteiger partial charge in [0.2, 0.25) is 11.8 Å². The Morgan fingerprint density at radius 2 is 2.00 bits per heavy atom. The molecule has 1 aromatic heterocycles. The van der Waals surface area contributed by atoms with Crippen molar-refractivity contribution in [3.63, 3.8) is 0 Å². The Balaban J connectivity index is 1.68. The predicted octanol–water partition coefficient (Wildman–Crippen LogP) is 2.77. The van der Waals surface area contributed by atoms with Crippen LogP contribution < -0.4 is 10.6 Å². The van der Waals surface area contributed by atoms with E-state index in [2.05, 4.69) is 35.5 Å². The van der Waals surface area contributed by atoms with E-state index in [-0.39, 0.29) is 23.1 Å². The van der Waals surface area contributed by atoms with Crippen LogP contribution in [0.25, 0.3) is 0 Å². The van der Waals surface area contributed by atoms with Crippen molar-refractivity contribution in [2.24, 2.45) is 16.7 Å². The van der Waals surface area contributed by atoms with E-state index < -0.39 is 5.41 Å². The summed E-state index contributed by atoms with van der Waals surface area (Å²) in [6.07, 6.45) is 6.69. The van der Waals surface area contributed by atoms with Crippen molar-refractivity contribution in [2.45, 2.75) is 66.3 Å². The van der Waals surface area contributed by atoms with Crippen LogP contribution in [0.3, 0.4) is 0 Å². The van der Waals surface area contributed by atoms with Crippen molar-refractivity contribution >= 4 is 11.8 Å². The fourth-order valence-electron chi connectivity index (χ4n) is 4.61. The highest BCUT2D eigenvalue weighted by Crippen LogP contribution is 2.56. The van der Waals surface area contributed by atoms with Gasteiger partial charge in [0.25, 0.3) is 0 Å². The maximum Gasteiger partial charge on any atom is 0.226 e. The quantitative estimate of drug-likeness (QED) is 0.851. The molecule has 0 radical (unpaired) electrons. The molecule has 1 heterocycles. The van der Waals surface area contributed by atoms with Gasteiger partial charge in [-0.25, -0.2) is 0 Å². The number of amides is 2. The largest absolute Gasteiger partial charge is 0.356 e. The lowest BCUT2D eigenvalue weighted by Gasteiger charge is -2.39. The molecule has 2 amide bonds. The van der Waals surface area contributed by atoms with Gasteiger partial charge in [0.1, 0.15) is 0 Å². The van der Waals surface area contributed by atoms with Gasteiger partial charge in [-0.15, -0.1) is 0 Å². The van der Waals surface area contributed by atoms with E-state index in [1.807, 2.05) is 20.0 Å². The second-order valence-electron chi connectivity index (χ2n) is 8.53. The molecule has 2 aliphatic rings. The van der Waals surface area contributed by atoms with Crippen LogP contribution in [0.2, 0.25) is 0 Å². The Hall–Kier alpha value is -1.91. The van der Waals surface area contributed by atoms with Gasteiger partial charge in [0.15, 0.2) is 0 Å². The SMILES string of the molecule is CCNC(=O)[C@H]1CC[C@@](C)(C(=O)NCc2cnc3c(c2)CCC3)C1(C)C. The van der Waals surface area contributed by atoms with Crippen LogP contribution in [0.1, 0.15) is 63.8 Å². The lowest BCUT2D eigenvalue weighted by Crippen LogP contribution is -2.49. The summed E-state index contributed by atoms with van der Waals surface area (Å²) in [6.45, 7) is 9.15. The Bertz CT molecular complexity index is 713. The van der Waals surface area contributed by atoms with E-state index in [9.17, 15) is 9.59 Å². The first-order valence-electron chi connectivity index (χ1n) is 9.82. The summed E-state index contributed by atoms with van der Waals surface area (Å²) in [6, 6.07) is 2.18. The number of nitrogens with one attached hydrogen (secondary N) is 2. The predicted molar refractivity (Wildman–Crippen MR) is 101 cm³/mol. The molecule has 3 rings (SSSR count). The summed E-state index contributed by atoms with van der Waals surface area (Å²) >= 11 is 0. The number of carbonyl (C=O) groups excluding carboxylic acids is 2. The van der Waals surface area contributed by atoms with Crippen molar-refractivity contribution in [2.75, 3.05) is 6.54 Å². The molecule has 0 aliphatic heterocycles. The minimum atomic E-state index is -0.549. The molecule has 0 saturated heterocycles. The lowest BCUT2D eigenvalue weighted by molar-refractivity contribution is -0.139. The topological polar surface area (TPSA) is 71.1 Å². The molecule has 2 N–H and O–H groups in total. The number of fused-ring (bicyclic) bond motifs is 1. The minimum absolute atomic E-state index is 0.0368. The van der Waals surface area contributed by atoms with Gasteiger partial charge in [-0.2, -0.15) is 0 Å². The lowest BCUT2D eigenvalue weighted by atomic mass is 9.65. The number of aromatic nitrogens is 1. The molecule has 0 unspecified atom stereocenters. The zero-order chi connectivity index (χ0) is 18.9. The van der Waals surface area contributed by atoms with Crippen LogP contribution >= 0.6 is 0 Å². The van der Waals surface area contributed by atoms with Crippen molar-refractivity contribution in [1.82, 2.24) is 15.6 Å². The Morgan fingerprint density at radius 1 is 1.23 bits per heavy atom. The Kier molecular flexibility index (Phi) is 5.09. The number of nitrogens with zero attached hydrogens (tertiary/aromatic N) is 1. The van der Waals surface area contributed by atoms with Crippen LogP contribution in [0.5, 0.6) is 0 Å². The van der Waals surface area contributed by atoms with E-state index in [0.717, 1.165) is 31.2 Å². The second kappa shape index (κ2) is 7.01. The molecule has 0 bridgehead atoms. The third kappa shape index (κ3) is 3.12. The summed E-state index contributed by atoms with van der Waals surface area (Å²) in [4.78, 5) is 30.0. The summed E-state index contributed by atoms with van der Waals surface area (Å²) in [5.74, 6) is -0.0218. The first-order chi connectivity index (χ1) is 12.3. The van der Waals surface area contributed by atoms with Crippen LogP contribution in [-0.2, 0) is 29.0 Å². The molecule has 5 heteroatoms. The van der Waals surface area contributed by atoms with Crippen LogP contribution in [0.4, 0.5) is 0 Å². The maximum atomic E-state index is 13.1. The molecule has 2 atom stereocenters. The van der Waals surface area contributed by atoms with Crippen molar-refractivity contribution in [3.8, 4) is 0 Å². The zero-order valence-electron chi connectivity index (χ0n) is 16.4. The van der Waals surface area contributed by atoms with Crippen molar-refractivity contribution in [3.05, 3.63) is 29.1 Å². The highest BCUT2D eigenvalue weighted by molar-refractivity contribution is 5.87. The fourth-order valence-corrected chi connectivity index (χ4v) is 4.61. The van der Waals surface area contributed by atoms with Crippen LogP contribution in [-0.4, -0.2) is 23.3 Å². The monoisotopic (exact) mass is 357 g/mol. The standard InChI is InChI=1S/C21H31N3O2/c1-5-22-18(25)16-9-10-21(4,20(16,2)3)19(26)24-13-14-11-15-7-6-8-17(15)23-12-14/h11-12,16H,5-10,13H2,1-4H3,(H,22,25)(H,24,26)/t16-,21+/m1/s1. The molecule has 0 spiro atoms. The number of hydrogen-bond donors (Lipinski definition) is 2. The van der Waals surface area contributed by atoms with E-state index >= 15 is 0 Å². The molecule has 26 heavy (non-hydrogen) atoms. The summed E-state index contributed by atoms with van der Waals surface area (Å²) in [5.41, 5.74) is 2.65. The highest BCUT2D eigenvalue weighted by atomic mass is 16.2. The molecule has 2 aliphatic carbocycles. The maximum absolute atomic E-state index is 13.1. The van der Waals surface area contributed by atoms with Gasteiger partial charge in [-0.05, 0) is 55.6 Å². The third-order valence-corrected chi connectivity index (χ3v) is 6.82.